The van der Waals surface area contributed by atoms with Crippen LogP contribution in [0.3, 0.4) is 0 Å². The van der Waals surface area contributed by atoms with Crippen molar-refractivity contribution >= 4 is 0 Å². The van der Waals surface area contributed by atoms with Crippen molar-refractivity contribution in [1.29, 1.82) is 0 Å². The fourth-order valence-electron chi connectivity index (χ4n) is 2.38. The van der Waals surface area contributed by atoms with Crippen LogP contribution >= 0.6 is 0 Å². The summed E-state index contributed by atoms with van der Waals surface area (Å²) in [7, 11) is 0. The summed E-state index contributed by atoms with van der Waals surface area (Å²) in [6.07, 6.45) is 0.842. The first-order valence-electron chi connectivity index (χ1n) is 6.88. The highest BCUT2D eigenvalue weighted by atomic mass is 16.5. The van der Waals surface area contributed by atoms with Crippen LogP contribution in [-0.4, -0.2) is 18.3 Å². The minimum absolute atomic E-state index is 0.161. The Hall–Kier alpha value is -2.00. The van der Waals surface area contributed by atoms with Gasteiger partial charge in [0.25, 0.3) is 0 Å². The van der Waals surface area contributed by atoms with Gasteiger partial charge in [0, 0.05) is 12.5 Å². The van der Waals surface area contributed by atoms with Crippen LogP contribution in [0.1, 0.15) is 11.1 Å². The van der Waals surface area contributed by atoms with Crippen molar-refractivity contribution in [2.75, 3.05) is 13.2 Å². The summed E-state index contributed by atoms with van der Waals surface area (Å²) in [4.78, 5) is 0. The van der Waals surface area contributed by atoms with Gasteiger partial charge in [-0.3, -0.25) is 0 Å². The third-order valence-corrected chi connectivity index (χ3v) is 3.52. The van der Waals surface area contributed by atoms with Gasteiger partial charge in [0.2, 0.25) is 0 Å². The van der Waals surface area contributed by atoms with E-state index in [0.717, 1.165) is 29.0 Å². The highest BCUT2D eigenvalue weighted by Gasteiger charge is 2.19. The van der Waals surface area contributed by atoms with Crippen LogP contribution in [-0.2, 0) is 13.0 Å². The Labute approximate surface area is 118 Å². The van der Waals surface area contributed by atoms with E-state index < -0.39 is 0 Å². The average Bonchev–Trinajstić information content (AvgIpc) is 2.53. The van der Waals surface area contributed by atoms with Gasteiger partial charge >= 0.3 is 0 Å². The number of aliphatic hydroxyl groups is 1. The SMILES string of the molecule is OCC1COc2ccc(OCc3ccccc3)cc2C1. The van der Waals surface area contributed by atoms with Crippen molar-refractivity contribution in [3.05, 3.63) is 59.7 Å². The van der Waals surface area contributed by atoms with Gasteiger partial charge in [-0.05, 0) is 35.7 Å². The molecular weight excluding hydrogens is 252 g/mol. The van der Waals surface area contributed by atoms with E-state index >= 15 is 0 Å². The molecule has 1 heterocycles. The molecule has 0 fully saturated rings. The summed E-state index contributed by atoms with van der Waals surface area (Å²) in [5, 5.41) is 9.23. The highest BCUT2D eigenvalue weighted by Crippen LogP contribution is 2.30. The number of hydrogen-bond acceptors (Lipinski definition) is 3. The molecule has 3 heteroatoms. The fraction of sp³-hybridized carbons (Fsp3) is 0.294. The third kappa shape index (κ3) is 2.94. The molecule has 2 aromatic rings. The molecule has 1 N–H and O–H groups in total. The number of hydrogen-bond donors (Lipinski definition) is 1. The van der Waals surface area contributed by atoms with Gasteiger partial charge in [0.1, 0.15) is 18.1 Å². The van der Waals surface area contributed by atoms with Crippen molar-refractivity contribution in [3.63, 3.8) is 0 Å². The summed E-state index contributed by atoms with van der Waals surface area (Å²) in [6.45, 7) is 1.31. The summed E-state index contributed by atoms with van der Waals surface area (Å²) in [5.41, 5.74) is 2.26. The molecule has 0 radical (unpaired) electrons. The Morgan fingerprint density at radius 1 is 1.15 bits per heavy atom. The van der Waals surface area contributed by atoms with Gasteiger partial charge < -0.3 is 14.6 Å². The molecular formula is C17H18O3. The molecule has 0 spiro atoms. The lowest BCUT2D eigenvalue weighted by Gasteiger charge is -2.24. The number of fused-ring (bicyclic) bond motifs is 1. The zero-order valence-corrected chi connectivity index (χ0v) is 11.3. The number of benzene rings is 2. The van der Waals surface area contributed by atoms with Gasteiger partial charge in [-0.2, -0.15) is 0 Å². The molecule has 0 saturated carbocycles. The molecule has 3 nitrogen and oxygen atoms in total. The first kappa shape index (κ1) is 13.0. The standard InChI is InChI=1S/C17H18O3/c18-10-14-8-15-9-16(6-7-17(15)20-12-14)19-11-13-4-2-1-3-5-13/h1-7,9,14,18H,8,10-12H2. The number of ether oxygens (including phenoxy) is 2. The Morgan fingerprint density at radius 2 is 2.00 bits per heavy atom. The van der Waals surface area contributed by atoms with Crippen molar-refractivity contribution in [1.82, 2.24) is 0 Å². The molecule has 104 valence electrons. The number of rotatable bonds is 4. The van der Waals surface area contributed by atoms with Gasteiger partial charge in [-0.1, -0.05) is 30.3 Å². The summed E-state index contributed by atoms with van der Waals surface area (Å²) < 4.78 is 11.4. The molecule has 0 bridgehead atoms. The molecule has 3 rings (SSSR count). The first-order chi connectivity index (χ1) is 9.85. The second-order valence-corrected chi connectivity index (χ2v) is 5.11. The minimum atomic E-state index is 0.161. The number of aliphatic hydroxyl groups excluding tert-OH is 1. The van der Waals surface area contributed by atoms with Crippen LogP contribution in [0.4, 0.5) is 0 Å². The fourth-order valence-corrected chi connectivity index (χ4v) is 2.38. The van der Waals surface area contributed by atoms with Gasteiger partial charge in [-0.15, -0.1) is 0 Å². The van der Waals surface area contributed by atoms with E-state index in [1.165, 1.54) is 0 Å². The normalized spacial score (nSPS) is 17.1. The average molecular weight is 270 g/mol. The minimum Gasteiger partial charge on any atom is -0.493 e. The summed E-state index contributed by atoms with van der Waals surface area (Å²) in [6, 6.07) is 16.0. The Kier molecular flexibility index (Phi) is 3.88. The molecule has 0 aromatic heterocycles. The van der Waals surface area contributed by atoms with Gasteiger partial charge in [-0.25, -0.2) is 0 Å². The van der Waals surface area contributed by atoms with E-state index in [1.54, 1.807) is 0 Å². The van der Waals surface area contributed by atoms with E-state index in [2.05, 4.69) is 0 Å². The van der Waals surface area contributed by atoms with Crippen LogP contribution in [0.15, 0.2) is 48.5 Å². The summed E-state index contributed by atoms with van der Waals surface area (Å²) >= 11 is 0. The lowest BCUT2D eigenvalue weighted by atomic mass is 9.97. The molecule has 1 atom stereocenters. The summed E-state index contributed by atoms with van der Waals surface area (Å²) in [5.74, 6) is 1.93. The van der Waals surface area contributed by atoms with Crippen molar-refractivity contribution in [2.24, 2.45) is 5.92 Å². The maximum atomic E-state index is 9.23. The smallest absolute Gasteiger partial charge is 0.122 e. The van der Waals surface area contributed by atoms with Gasteiger partial charge in [0.05, 0.1) is 6.61 Å². The topological polar surface area (TPSA) is 38.7 Å². The van der Waals surface area contributed by atoms with E-state index in [0.29, 0.717) is 13.2 Å². The second kappa shape index (κ2) is 5.97. The lowest BCUT2D eigenvalue weighted by Crippen LogP contribution is -2.23. The molecule has 1 unspecified atom stereocenters. The van der Waals surface area contributed by atoms with Crippen molar-refractivity contribution in [2.45, 2.75) is 13.0 Å². The Balaban J connectivity index is 1.69. The van der Waals surface area contributed by atoms with Crippen LogP contribution in [0, 0.1) is 5.92 Å². The molecule has 0 aliphatic carbocycles. The van der Waals surface area contributed by atoms with Gasteiger partial charge in [0.15, 0.2) is 0 Å². The Morgan fingerprint density at radius 3 is 2.80 bits per heavy atom. The van der Waals surface area contributed by atoms with E-state index in [-0.39, 0.29) is 12.5 Å². The predicted octanol–water partition coefficient (Wildman–Crippen LogP) is 2.81. The maximum Gasteiger partial charge on any atom is 0.122 e. The van der Waals surface area contributed by atoms with E-state index in [1.807, 2.05) is 48.5 Å². The van der Waals surface area contributed by atoms with E-state index in [9.17, 15) is 5.11 Å². The largest absolute Gasteiger partial charge is 0.493 e. The molecule has 20 heavy (non-hydrogen) atoms. The van der Waals surface area contributed by atoms with Crippen molar-refractivity contribution in [3.8, 4) is 11.5 Å². The van der Waals surface area contributed by atoms with E-state index in [4.69, 9.17) is 9.47 Å². The maximum absolute atomic E-state index is 9.23. The van der Waals surface area contributed by atoms with Crippen LogP contribution in [0.25, 0.3) is 0 Å². The van der Waals surface area contributed by atoms with Crippen LogP contribution in [0.5, 0.6) is 11.5 Å². The molecule has 1 aliphatic heterocycles. The zero-order chi connectivity index (χ0) is 13.8. The first-order valence-corrected chi connectivity index (χ1v) is 6.88. The molecule has 1 aliphatic rings. The molecule has 0 saturated heterocycles. The zero-order valence-electron chi connectivity index (χ0n) is 11.3. The highest BCUT2D eigenvalue weighted by molar-refractivity contribution is 5.41. The van der Waals surface area contributed by atoms with Crippen LogP contribution < -0.4 is 9.47 Å². The Bertz CT molecular complexity index is 566. The predicted molar refractivity (Wildman–Crippen MR) is 77.0 cm³/mol. The quantitative estimate of drug-likeness (QED) is 0.928. The van der Waals surface area contributed by atoms with Crippen molar-refractivity contribution < 1.29 is 14.6 Å². The monoisotopic (exact) mass is 270 g/mol. The molecule has 0 amide bonds. The molecule has 2 aromatic carbocycles. The lowest BCUT2D eigenvalue weighted by molar-refractivity contribution is 0.146. The third-order valence-electron chi connectivity index (χ3n) is 3.52. The second-order valence-electron chi connectivity index (χ2n) is 5.11. The van der Waals surface area contributed by atoms with Crippen LogP contribution in [0.2, 0.25) is 0 Å².